The fourth-order valence-electron chi connectivity index (χ4n) is 2.97. The molecule has 29 heavy (non-hydrogen) atoms. The largest absolute Gasteiger partial charge is 0.493 e. The van der Waals surface area contributed by atoms with Gasteiger partial charge in [0.05, 0.1) is 19.4 Å². The molecule has 1 aromatic heterocycles. The number of ether oxygens (including phenoxy) is 2. The molecule has 0 atom stereocenters. The lowest BCUT2D eigenvalue weighted by molar-refractivity contribution is -0.116. The first kappa shape index (κ1) is 20.6. The van der Waals surface area contributed by atoms with Gasteiger partial charge in [-0.25, -0.2) is 4.79 Å². The zero-order chi connectivity index (χ0) is 20.6. The second kappa shape index (κ2) is 9.89. The summed E-state index contributed by atoms with van der Waals surface area (Å²) in [5, 5.41) is 4.54. The monoisotopic (exact) mass is 409 g/mol. The number of esters is 1. The first-order valence-corrected chi connectivity index (χ1v) is 10.3. The van der Waals surface area contributed by atoms with E-state index in [-0.39, 0.29) is 5.91 Å². The van der Waals surface area contributed by atoms with Crippen LogP contribution in [0.3, 0.4) is 0 Å². The smallest absolute Gasteiger partial charge is 0.350 e. The molecule has 0 radical (unpaired) electrons. The van der Waals surface area contributed by atoms with Crippen LogP contribution in [0, 0.1) is 0 Å². The molecule has 1 heterocycles. The van der Waals surface area contributed by atoms with Gasteiger partial charge in [0, 0.05) is 12.0 Å². The van der Waals surface area contributed by atoms with Crippen LogP contribution in [0.15, 0.2) is 60.0 Å². The topological polar surface area (TPSA) is 64.6 Å². The van der Waals surface area contributed by atoms with Crippen molar-refractivity contribution in [3.05, 3.63) is 70.4 Å². The minimum absolute atomic E-state index is 0.140. The van der Waals surface area contributed by atoms with Crippen molar-refractivity contribution < 1.29 is 19.1 Å². The number of amides is 1. The maximum absolute atomic E-state index is 12.3. The summed E-state index contributed by atoms with van der Waals surface area (Å²) in [6.07, 6.45) is 0.933. The fourth-order valence-corrected chi connectivity index (χ4v) is 3.73. The number of aryl methyl sites for hydroxylation is 1. The van der Waals surface area contributed by atoms with Gasteiger partial charge in [0.1, 0.15) is 10.6 Å². The highest BCUT2D eigenvalue weighted by atomic mass is 32.1. The number of para-hydroxylation sites is 1. The number of hydrogen-bond donors (Lipinski definition) is 1. The van der Waals surface area contributed by atoms with Crippen molar-refractivity contribution in [1.82, 2.24) is 0 Å². The Labute approximate surface area is 174 Å². The van der Waals surface area contributed by atoms with Crippen LogP contribution in [0.1, 0.15) is 28.6 Å². The Balaban J connectivity index is 1.60. The van der Waals surface area contributed by atoms with Crippen LogP contribution in [0.4, 0.5) is 5.69 Å². The van der Waals surface area contributed by atoms with E-state index in [4.69, 9.17) is 9.47 Å². The highest BCUT2D eigenvalue weighted by Gasteiger charge is 2.15. The molecule has 0 aliphatic heterocycles. The van der Waals surface area contributed by atoms with Crippen molar-refractivity contribution in [1.29, 1.82) is 0 Å². The molecule has 0 bridgehead atoms. The summed E-state index contributed by atoms with van der Waals surface area (Å²) >= 11 is 1.24. The van der Waals surface area contributed by atoms with E-state index >= 15 is 0 Å². The molecule has 3 aromatic rings. The molecule has 6 heteroatoms. The van der Waals surface area contributed by atoms with Crippen LogP contribution in [0.2, 0.25) is 0 Å². The summed E-state index contributed by atoms with van der Waals surface area (Å²) in [5.41, 5.74) is 3.68. The number of carbonyl (C=O) groups excluding carboxylic acids is 2. The van der Waals surface area contributed by atoms with Gasteiger partial charge in [-0.3, -0.25) is 4.79 Å². The molecule has 0 saturated carbocycles. The Morgan fingerprint density at radius 2 is 1.79 bits per heavy atom. The minimum Gasteiger partial charge on any atom is -0.493 e. The molecule has 2 aromatic carbocycles. The van der Waals surface area contributed by atoms with E-state index in [0.29, 0.717) is 30.0 Å². The fraction of sp³-hybridized carbons (Fsp3) is 0.217. The second-order valence-corrected chi connectivity index (χ2v) is 7.25. The summed E-state index contributed by atoms with van der Waals surface area (Å²) in [7, 11) is 1.32. The minimum atomic E-state index is -0.446. The molecule has 0 spiro atoms. The Kier molecular flexibility index (Phi) is 7.03. The highest BCUT2D eigenvalue weighted by Crippen LogP contribution is 2.30. The van der Waals surface area contributed by atoms with Gasteiger partial charge in [-0.15, -0.1) is 11.3 Å². The van der Waals surface area contributed by atoms with Crippen LogP contribution in [-0.2, 0) is 16.0 Å². The standard InChI is InChI=1S/C23H23NO4S/c1-3-28-20-7-5-4-6-18(20)17-11-8-16(9-12-17)10-13-21(25)24-19-14-15-29-22(19)23(26)27-2/h4-9,11-12,14-15H,3,10,13H2,1-2H3,(H,24,25). The number of rotatable bonds is 8. The Bertz CT molecular complexity index is 979. The summed E-state index contributed by atoms with van der Waals surface area (Å²) in [6, 6.07) is 17.8. The van der Waals surface area contributed by atoms with Crippen molar-refractivity contribution in [2.24, 2.45) is 0 Å². The number of thiophene rings is 1. The average molecular weight is 410 g/mol. The number of anilines is 1. The van der Waals surface area contributed by atoms with Gasteiger partial charge < -0.3 is 14.8 Å². The SMILES string of the molecule is CCOc1ccccc1-c1ccc(CCC(=O)Nc2ccsc2C(=O)OC)cc1. The van der Waals surface area contributed by atoms with E-state index in [2.05, 4.69) is 5.32 Å². The number of hydrogen-bond acceptors (Lipinski definition) is 5. The molecule has 0 fully saturated rings. The molecule has 3 rings (SSSR count). The molecular weight excluding hydrogens is 386 g/mol. The quantitative estimate of drug-likeness (QED) is 0.521. The van der Waals surface area contributed by atoms with E-state index in [9.17, 15) is 9.59 Å². The number of benzene rings is 2. The number of methoxy groups -OCH3 is 1. The number of nitrogens with one attached hydrogen (secondary N) is 1. The lowest BCUT2D eigenvalue weighted by Crippen LogP contribution is -2.14. The molecule has 0 saturated heterocycles. The molecule has 0 aliphatic carbocycles. The highest BCUT2D eigenvalue weighted by molar-refractivity contribution is 7.12. The summed E-state index contributed by atoms with van der Waals surface area (Å²) in [4.78, 5) is 24.4. The van der Waals surface area contributed by atoms with Crippen molar-refractivity contribution in [3.63, 3.8) is 0 Å². The summed E-state index contributed by atoms with van der Waals surface area (Å²) in [5.74, 6) is 0.275. The lowest BCUT2D eigenvalue weighted by atomic mass is 10.0. The third-order valence-corrected chi connectivity index (χ3v) is 5.30. The van der Waals surface area contributed by atoms with Crippen molar-refractivity contribution in [3.8, 4) is 16.9 Å². The molecule has 0 unspecified atom stereocenters. The molecule has 1 N–H and O–H groups in total. The normalized spacial score (nSPS) is 10.4. The number of carbonyl (C=O) groups is 2. The Hall–Kier alpha value is -3.12. The van der Waals surface area contributed by atoms with E-state index in [1.807, 2.05) is 55.5 Å². The van der Waals surface area contributed by atoms with Crippen LogP contribution in [0.5, 0.6) is 5.75 Å². The van der Waals surface area contributed by atoms with Crippen LogP contribution >= 0.6 is 11.3 Å². The predicted molar refractivity (Wildman–Crippen MR) is 116 cm³/mol. The average Bonchev–Trinajstić information content (AvgIpc) is 3.21. The Morgan fingerprint density at radius 1 is 1.03 bits per heavy atom. The molecule has 0 aliphatic rings. The molecule has 5 nitrogen and oxygen atoms in total. The predicted octanol–water partition coefficient (Wildman–Crippen LogP) is 5.17. The van der Waals surface area contributed by atoms with E-state index < -0.39 is 5.97 Å². The molecule has 150 valence electrons. The van der Waals surface area contributed by atoms with Gasteiger partial charge in [0.25, 0.3) is 0 Å². The van der Waals surface area contributed by atoms with Crippen molar-refractivity contribution in [2.75, 3.05) is 19.0 Å². The third-order valence-electron chi connectivity index (χ3n) is 4.40. The lowest BCUT2D eigenvalue weighted by Gasteiger charge is -2.11. The van der Waals surface area contributed by atoms with Gasteiger partial charge in [-0.2, -0.15) is 0 Å². The maximum atomic E-state index is 12.3. The summed E-state index contributed by atoms with van der Waals surface area (Å²) < 4.78 is 10.4. The maximum Gasteiger partial charge on any atom is 0.350 e. The van der Waals surface area contributed by atoms with Gasteiger partial charge in [-0.05, 0) is 42.0 Å². The zero-order valence-electron chi connectivity index (χ0n) is 16.4. The van der Waals surface area contributed by atoms with Crippen LogP contribution < -0.4 is 10.1 Å². The van der Waals surface area contributed by atoms with Gasteiger partial charge in [0.15, 0.2) is 0 Å². The second-order valence-electron chi connectivity index (χ2n) is 6.33. The van der Waals surface area contributed by atoms with E-state index in [0.717, 1.165) is 22.4 Å². The first-order chi connectivity index (χ1) is 14.1. The summed E-state index contributed by atoms with van der Waals surface area (Å²) in [6.45, 7) is 2.58. The van der Waals surface area contributed by atoms with E-state index in [1.165, 1.54) is 18.4 Å². The van der Waals surface area contributed by atoms with Crippen molar-refractivity contribution >= 4 is 28.9 Å². The van der Waals surface area contributed by atoms with Crippen LogP contribution in [0.25, 0.3) is 11.1 Å². The van der Waals surface area contributed by atoms with Gasteiger partial charge in [-0.1, -0.05) is 42.5 Å². The van der Waals surface area contributed by atoms with Gasteiger partial charge >= 0.3 is 5.97 Å². The molecular formula is C23H23NO4S. The molecule has 1 amide bonds. The Morgan fingerprint density at radius 3 is 2.52 bits per heavy atom. The van der Waals surface area contributed by atoms with Crippen molar-refractivity contribution in [2.45, 2.75) is 19.8 Å². The third kappa shape index (κ3) is 5.23. The zero-order valence-corrected chi connectivity index (χ0v) is 17.3. The first-order valence-electron chi connectivity index (χ1n) is 9.39. The van der Waals surface area contributed by atoms with E-state index in [1.54, 1.807) is 11.4 Å². The van der Waals surface area contributed by atoms with Gasteiger partial charge in [0.2, 0.25) is 5.91 Å². The van der Waals surface area contributed by atoms with Crippen LogP contribution in [-0.4, -0.2) is 25.6 Å².